The van der Waals surface area contributed by atoms with E-state index in [1.54, 1.807) is 25.3 Å². The zero-order valence-electron chi connectivity index (χ0n) is 11.7. The second kappa shape index (κ2) is 7.63. The molecule has 1 rings (SSSR count). The average Bonchev–Trinajstić information content (AvgIpc) is 2.45. The predicted octanol–water partition coefficient (Wildman–Crippen LogP) is 1.56. The summed E-state index contributed by atoms with van der Waals surface area (Å²) >= 11 is 0. The smallest absolute Gasteiger partial charge is 0.255 e. The maximum Gasteiger partial charge on any atom is 0.255 e. The van der Waals surface area contributed by atoms with Crippen molar-refractivity contribution in [1.82, 2.24) is 5.32 Å². The second-order valence-corrected chi connectivity index (χ2v) is 4.28. The van der Waals surface area contributed by atoms with E-state index >= 15 is 0 Å². The first-order valence-corrected chi connectivity index (χ1v) is 6.38. The summed E-state index contributed by atoms with van der Waals surface area (Å²) in [7, 11) is 3.10. The summed E-state index contributed by atoms with van der Waals surface area (Å²) in [5.41, 5.74) is 6.29. The molecule has 106 valence electrons. The maximum absolute atomic E-state index is 12.0. The molecule has 1 aromatic rings. The summed E-state index contributed by atoms with van der Waals surface area (Å²) in [6, 6.07) is 5.23. The second-order valence-electron chi connectivity index (χ2n) is 4.28. The molecule has 1 atom stereocenters. The summed E-state index contributed by atoms with van der Waals surface area (Å²) in [4.78, 5) is 12.0. The lowest BCUT2D eigenvalue weighted by Crippen LogP contribution is -2.30. The van der Waals surface area contributed by atoms with Gasteiger partial charge in [0.2, 0.25) is 0 Å². The van der Waals surface area contributed by atoms with Gasteiger partial charge in [-0.25, -0.2) is 0 Å². The first kappa shape index (κ1) is 15.3. The van der Waals surface area contributed by atoms with Gasteiger partial charge < -0.3 is 20.5 Å². The van der Waals surface area contributed by atoms with Crippen molar-refractivity contribution >= 4 is 5.91 Å². The van der Waals surface area contributed by atoms with Crippen molar-refractivity contribution in [1.29, 1.82) is 0 Å². The van der Waals surface area contributed by atoms with E-state index in [4.69, 9.17) is 15.2 Å². The van der Waals surface area contributed by atoms with Gasteiger partial charge in [0.15, 0.2) is 0 Å². The average molecular weight is 266 g/mol. The molecule has 5 nitrogen and oxygen atoms in total. The number of carbonyl (C=O) groups is 1. The van der Waals surface area contributed by atoms with Crippen LogP contribution in [0, 0.1) is 0 Å². The molecule has 0 radical (unpaired) electrons. The van der Waals surface area contributed by atoms with Crippen LogP contribution in [0.2, 0.25) is 0 Å². The highest BCUT2D eigenvalue weighted by Gasteiger charge is 2.13. The zero-order valence-corrected chi connectivity index (χ0v) is 11.7. The van der Waals surface area contributed by atoms with E-state index in [9.17, 15) is 4.79 Å². The van der Waals surface area contributed by atoms with Gasteiger partial charge in [-0.15, -0.1) is 0 Å². The van der Waals surface area contributed by atoms with E-state index < -0.39 is 0 Å². The molecule has 3 N–H and O–H groups in total. The molecule has 0 saturated heterocycles. The minimum Gasteiger partial charge on any atom is -0.497 e. The fourth-order valence-electron chi connectivity index (χ4n) is 1.66. The molecule has 0 saturated carbocycles. The van der Waals surface area contributed by atoms with Gasteiger partial charge in [0.25, 0.3) is 5.91 Å². The van der Waals surface area contributed by atoms with Crippen molar-refractivity contribution in [3.8, 4) is 11.5 Å². The van der Waals surface area contributed by atoms with Gasteiger partial charge in [-0.3, -0.25) is 4.79 Å². The molecule has 0 spiro atoms. The van der Waals surface area contributed by atoms with Gasteiger partial charge in [-0.2, -0.15) is 0 Å². The molecule has 1 aromatic carbocycles. The van der Waals surface area contributed by atoms with E-state index in [1.165, 1.54) is 7.11 Å². The molecule has 0 aromatic heterocycles. The Kier molecular flexibility index (Phi) is 6.15. The number of carbonyl (C=O) groups excluding carboxylic acids is 1. The summed E-state index contributed by atoms with van der Waals surface area (Å²) in [5.74, 6) is 0.987. The van der Waals surface area contributed by atoms with Gasteiger partial charge in [-0.05, 0) is 25.0 Å². The van der Waals surface area contributed by atoms with Crippen LogP contribution in [0.5, 0.6) is 11.5 Å². The molecular weight excluding hydrogens is 244 g/mol. The molecule has 0 bridgehead atoms. The lowest BCUT2D eigenvalue weighted by atomic mass is 10.1. The van der Waals surface area contributed by atoms with Crippen LogP contribution in [-0.2, 0) is 0 Å². The summed E-state index contributed by atoms with van der Waals surface area (Å²) in [6.07, 6.45) is 1.67. The van der Waals surface area contributed by atoms with E-state index in [0.29, 0.717) is 23.6 Å². The van der Waals surface area contributed by atoms with Crippen molar-refractivity contribution < 1.29 is 14.3 Å². The predicted molar refractivity (Wildman–Crippen MR) is 74.8 cm³/mol. The van der Waals surface area contributed by atoms with Crippen LogP contribution in [0.15, 0.2) is 18.2 Å². The van der Waals surface area contributed by atoms with Gasteiger partial charge in [0.1, 0.15) is 11.5 Å². The Balaban J connectivity index is 2.66. The van der Waals surface area contributed by atoms with Crippen LogP contribution in [0.1, 0.15) is 30.1 Å². The largest absolute Gasteiger partial charge is 0.497 e. The highest BCUT2D eigenvalue weighted by atomic mass is 16.5. The highest BCUT2D eigenvalue weighted by Crippen LogP contribution is 2.24. The number of ether oxygens (including phenoxy) is 2. The molecular formula is C14H22N2O3. The molecule has 0 fully saturated rings. The monoisotopic (exact) mass is 266 g/mol. The maximum atomic E-state index is 12.0. The molecule has 1 amide bonds. The van der Waals surface area contributed by atoms with E-state index in [0.717, 1.165) is 12.8 Å². The molecule has 19 heavy (non-hydrogen) atoms. The van der Waals surface area contributed by atoms with Gasteiger partial charge in [0.05, 0.1) is 19.8 Å². The SMILES string of the molecule is CCC(N)CCNC(=O)c1ccc(OC)cc1OC. The minimum absolute atomic E-state index is 0.123. The number of hydrogen-bond donors (Lipinski definition) is 2. The summed E-state index contributed by atoms with van der Waals surface area (Å²) in [6.45, 7) is 2.59. The fraction of sp³-hybridized carbons (Fsp3) is 0.500. The first-order valence-electron chi connectivity index (χ1n) is 6.38. The quantitative estimate of drug-likeness (QED) is 0.785. The molecule has 0 heterocycles. The molecule has 0 aliphatic rings. The number of benzene rings is 1. The van der Waals surface area contributed by atoms with Crippen LogP contribution < -0.4 is 20.5 Å². The normalized spacial score (nSPS) is 11.8. The zero-order chi connectivity index (χ0) is 14.3. The number of hydrogen-bond acceptors (Lipinski definition) is 4. The lowest BCUT2D eigenvalue weighted by molar-refractivity contribution is 0.0949. The van der Waals surface area contributed by atoms with Crippen LogP contribution in [0.25, 0.3) is 0 Å². The summed E-state index contributed by atoms with van der Waals surface area (Å²) in [5, 5.41) is 2.84. The Morgan fingerprint density at radius 1 is 1.37 bits per heavy atom. The van der Waals surface area contributed by atoms with Gasteiger partial charge in [0, 0.05) is 18.7 Å². The van der Waals surface area contributed by atoms with Crippen LogP contribution in [0.3, 0.4) is 0 Å². The van der Waals surface area contributed by atoms with Gasteiger partial charge in [-0.1, -0.05) is 6.92 Å². The Labute approximate surface area is 114 Å². The minimum atomic E-state index is -0.164. The topological polar surface area (TPSA) is 73.6 Å². The lowest BCUT2D eigenvalue weighted by Gasteiger charge is -2.12. The van der Waals surface area contributed by atoms with Crippen molar-refractivity contribution in [3.63, 3.8) is 0 Å². The highest BCUT2D eigenvalue weighted by molar-refractivity contribution is 5.97. The van der Waals surface area contributed by atoms with Crippen LogP contribution >= 0.6 is 0 Å². The number of nitrogens with two attached hydrogens (primary N) is 1. The third kappa shape index (κ3) is 4.44. The van der Waals surface area contributed by atoms with E-state index in [-0.39, 0.29) is 11.9 Å². The number of nitrogens with one attached hydrogen (secondary N) is 1. The van der Waals surface area contributed by atoms with Crippen LogP contribution in [0.4, 0.5) is 0 Å². The Bertz CT molecular complexity index is 421. The third-order valence-corrected chi connectivity index (χ3v) is 2.98. The van der Waals surface area contributed by atoms with E-state index in [1.807, 2.05) is 6.92 Å². The van der Waals surface area contributed by atoms with Crippen molar-refractivity contribution in [2.75, 3.05) is 20.8 Å². The van der Waals surface area contributed by atoms with Crippen molar-refractivity contribution in [2.45, 2.75) is 25.8 Å². The third-order valence-electron chi connectivity index (χ3n) is 2.98. The standard InChI is InChI=1S/C14H22N2O3/c1-4-10(15)7-8-16-14(17)12-6-5-11(18-2)9-13(12)19-3/h5-6,9-10H,4,7-8,15H2,1-3H3,(H,16,17). The van der Waals surface area contributed by atoms with Gasteiger partial charge >= 0.3 is 0 Å². The fourth-order valence-corrected chi connectivity index (χ4v) is 1.66. The molecule has 0 aliphatic heterocycles. The Morgan fingerprint density at radius 3 is 2.68 bits per heavy atom. The first-order chi connectivity index (χ1) is 9.12. The Hall–Kier alpha value is -1.75. The number of methoxy groups -OCH3 is 2. The summed E-state index contributed by atoms with van der Waals surface area (Å²) < 4.78 is 10.3. The van der Waals surface area contributed by atoms with Crippen LogP contribution in [-0.4, -0.2) is 32.7 Å². The Morgan fingerprint density at radius 2 is 2.11 bits per heavy atom. The van der Waals surface area contributed by atoms with Crippen molar-refractivity contribution in [3.05, 3.63) is 23.8 Å². The van der Waals surface area contributed by atoms with E-state index in [2.05, 4.69) is 5.32 Å². The number of rotatable bonds is 7. The number of amides is 1. The molecule has 1 unspecified atom stereocenters. The van der Waals surface area contributed by atoms with Crippen molar-refractivity contribution in [2.24, 2.45) is 5.73 Å². The molecule has 5 heteroatoms. The molecule has 0 aliphatic carbocycles.